The van der Waals surface area contributed by atoms with Crippen LogP contribution >= 0.6 is 0 Å². The van der Waals surface area contributed by atoms with Crippen LogP contribution in [0.5, 0.6) is 5.75 Å². The molecule has 0 radical (unpaired) electrons. The van der Waals surface area contributed by atoms with E-state index in [9.17, 15) is 37.1 Å². The van der Waals surface area contributed by atoms with Gasteiger partial charge in [0.05, 0.1) is 24.7 Å². The molecule has 11 heteroatoms. The van der Waals surface area contributed by atoms with Crippen LogP contribution in [0.4, 0.5) is 17.6 Å². The van der Waals surface area contributed by atoms with Crippen LogP contribution in [0.3, 0.4) is 0 Å². The molecule has 1 aliphatic rings. The first-order chi connectivity index (χ1) is 14.9. The molecule has 0 aliphatic heterocycles. The molecule has 0 heterocycles. The summed E-state index contributed by atoms with van der Waals surface area (Å²) in [7, 11) is 0. The lowest BCUT2D eigenvalue weighted by Crippen LogP contribution is -2.55. The van der Waals surface area contributed by atoms with E-state index in [4.69, 9.17) is 9.47 Å². The van der Waals surface area contributed by atoms with E-state index in [-0.39, 0.29) is 18.8 Å². The van der Waals surface area contributed by atoms with Gasteiger partial charge in [0.15, 0.2) is 5.78 Å². The Bertz CT molecular complexity index is 856. The number of Topliss-reactive ketones (excluding diaryl/α,β-unsaturated/α-hetero) is 1. The predicted molar refractivity (Wildman–Crippen MR) is 101 cm³/mol. The van der Waals surface area contributed by atoms with Crippen molar-refractivity contribution in [3.05, 3.63) is 29.8 Å². The van der Waals surface area contributed by atoms with Crippen molar-refractivity contribution in [1.82, 2.24) is 0 Å². The maximum absolute atomic E-state index is 13.4. The molecule has 1 N–H and O–H groups in total. The molecule has 7 nitrogen and oxygen atoms in total. The van der Waals surface area contributed by atoms with Crippen molar-refractivity contribution in [1.29, 1.82) is 0 Å². The zero-order valence-corrected chi connectivity index (χ0v) is 17.6. The third-order valence-electron chi connectivity index (χ3n) is 5.10. The van der Waals surface area contributed by atoms with Crippen molar-refractivity contribution in [3.8, 4) is 5.75 Å². The summed E-state index contributed by atoms with van der Waals surface area (Å²) in [6.07, 6.45) is -9.47. The number of ketones is 1. The highest BCUT2D eigenvalue weighted by molar-refractivity contribution is 6.02. The number of carbonyl (C=O) groups excluding carboxylic acids is 3. The maximum Gasteiger partial charge on any atom is 0.461 e. The molecular formula is C21H24F4O7. The Morgan fingerprint density at radius 1 is 1.19 bits per heavy atom. The highest BCUT2D eigenvalue weighted by atomic mass is 19.3. The van der Waals surface area contributed by atoms with Crippen LogP contribution in [0.1, 0.15) is 38.7 Å². The summed E-state index contributed by atoms with van der Waals surface area (Å²) in [5.74, 6) is -7.71. The van der Waals surface area contributed by atoms with Gasteiger partial charge in [0.1, 0.15) is 11.7 Å². The van der Waals surface area contributed by atoms with E-state index in [0.29, 0.717) is 0 Å². The lowest BCUT2D eigenvalue weighted by atomic mass is 9.61. The first-order valence-corrected chi connectivity index (χ1v) is 9.89. The second-order valence-electron chi connectivity index (χ2n) is 7.52. The van der Waals surface area contributed by atoms with Gasteiger partial charge < -0.3 is 19.3 Å². The van der Waals surface area contributed by atoms with Gasteiger partial charge >= 0.3 is 24.5 Å². The zero-order chi connectivity index (χ0) is 24.3. The molecule has 0 amide bonds. The fourth-order valence-corrected chi connectivity index (χ4v) is 3.87. The van der Waals surface area contributed by atoms with E-state index in [0.717, 1.165) is 12.1 Å². The third-order valence-corrected chi connectivity index (χ3v) is 5.10. The lowest BCUT2D eigenvalue weighted by Gasteiger charge is -2.43. The molecule has 1 aromatic carbocycles. The Labute approximate surface area is 181 Å². The Hall–Kier alpha value is -2.69. The first-order valence-electron chi connectivity index (χ1n) is 9.89. The van der Waals surface area contributed by atoms with Crippen LogP contribution in [-0.2, 0) is 23.9 Å². The molecule has 1 aliphatic carbocycles. The van der Waals surface area contributed by atoms with E-state index < -0.39 is 65.8 Å². The van der Waals surface area contributed by atoms with Crippen molar-refractivity contribution in [2.45, 2.75) is 51.2 Å². The van der Waals surface area contributed by atoms with Gasteiger partial charge in [-0.05, 0) is 38.5 Å². The third kappa shape index (κ3) is 5.37. The number of benzene rings is 1. The first kappa shape index (κ1) is 25.6. The number of hydrogen-bond acceptors (Lipinski definition) is 7. The number of carbonyl (C=O) groups is 3. The fraction of sp³-hybridized carbons (Fsp3) is 0.571. The molecule has 1 fully saturated rings. The average Bonchev–Trinajstić information content (AvgIpc) is 2.66. The molecule has 1 saturated carbocycles. The van der Waals surface area contributed by atoms with Gasteiger partial charge in [-0.2, -0.15) is 17.6 Å². The van der Waals surface area contributed by atoms with Crippen molar-refractivity contribution in [2.24, 2.45) is 11.8 Å². The quantitative estimate of drug-likeness (QED) is 0.359. The standard InChI is InChI=1S/C21H24F4O7/c1-4-30-17(27)15-13(26)10-20(3,29)16(18(28)31-5-2)14(15)11-7-6-8-12(9-11)32-21(24,25)19(22)23/h6-9,14-16,19,29H,4-5,10H2,1-3H3/t14-,15+,16-,20-/m0/s1. The van der Waals surface area contributed by atoms with Crippen molar-refractivity contribution in [2.75, 3.05) is 13.2 Å². The van der Waals surface area contributed by atoms with Crippen LogP contribution in [0.25, 0.3) is 0 Å². The monoisotopic (exact) mass is 464 g/mol. The maximum atomic E-state index is 13.4. The SMILES string of the molecule is CCOC(=O)[C@@H]1C(=O)C[C@](C)(O)[C@H](C(=O)OCC)[C@H]1c1cccc(OC(F)(F)C(F)F)c1. The van der Waals surface area contributed by atoms with Crippen LogP contribution in [0.15, 0.2) is 24.3 Å². The lowest BCUT2D eigenvalue weighted by molar-refractivity contribution is -0.253. The van der Waals surface area contributed by atoms with Gasteiger partial charge in [0.2, 0.25) is 0 Å². The number of aliphatic hydroxyl groups is 1. The molecule has 4 atom stereocenters. The van der Waals surface area contributed by atoms with Crippen LogP contribution in [0, 0.1) is 11.8 Å². The number of ether oxygens (including phenoxy) is 3. The topological polar surface area (TPSA) is 99.1 Å². The van der Waals surface area contributed by atoms with Crippen LogP contribution in [-0.4, -0.2) is 54.2 Å². The number of alkyl halides is 4. The Balaban J connectivity index is 2.62. The van der Waals surface area contributed by atoms with E-state index in [2.05, 4.69) is 4.74 Å². The van der Waals surface area contributed by atoms with Crippen molar-refractivity contribution >= 4 is 17.7 Å². The summed E-state index contributed by atoms with van der Waals surface area (Å²) in [4.78, 5) is 38.1. The van der Waals surface area contributed by atoms with Crippen LogP contribution < -0.4 is 4.74 Å². The molecule has 178 valence electrons. The van der Waals surface area contributed by atoms with Crippen LogP contribution in [0.2, 0.25) is 0 Å². The van der Waals surface area contributed by atoms with E-state index in [1.54, 1.807) is 0 Å². The average molecular weight is 464 g/mol. The normalized spacial score (nSPS) is 26.0. The molecule has 2 rings (SSSR count). The van der Waals surface area contributed by atoms with Crippen molar-refractivity contribution < 1.29 is 51.3 Å². The van der Waals surface area contributed by atoms with Gasteiger partial charge in [0.25, 0.3) is 0 Å². The number of halogens is 4. The molecule has 32 heavy (non-hydrogen) atoms. The van der Waals surface area contributed by atoms with Gasteiger partial charge in [-0.3, -0.25) is 14.4 Å². The zero-order valence-electron chi connectivity index (χ0n) is 17.6. The summed E-state index contributed by atoms with van der Waals surface area (Å²) < 4.78 is 65.9. The minimum atomic E-state index is -4.80. The van der Waals surface area contributed by atoms with Gasteiger partial charge in [-0.25, -0.2) is 0 Å². The molecule has 0 aromatic heterocycles. The minimum Gasteiger partial charge on any atom is -0.466 e. The van der Waals surface area contributed by atoms with Gasteiger partial charge in [-0.15, -0.1) is 0 Å². The smallest absolute Gasteiger partial charge is 0.461 e. The molecule has 0 bridgehead atoms. The second-order valence-corrected chi connectivity index (χ2v) is 7.52. The molecular weight excluding hydrogens is 440 g/mol. The summed E-state index contributed by atoms with van der Waals surface area (Å²) in [6.45, 7) is 4.07. The van der Waals surface area contributed by atoms with E-state index in [1.807, 2.05) is 0 Å². The highest BCUT2D eigenvalue weighted by Gasteiger charge is 2.57. The molecule has 0 saturated heterocycles. The fourth-order valence-electron chi connectivity index (χ4n) is 3.87. The summed E-state index contributed by atoms with van der Waals surface area (Å²) in [6, 6.07) is 4.35. The van der Waals surface area contributed by atoms with E-state index in [1.165, 1.54) is 32.9 Å². The van der Waals surface area contributed by atoms with Crippen molar-refractivity contribution in [3.63, 3.8) is 0 Å². The summed E-state index contributed by atoms with van der Waals surface area (Å²) in [5.41, 5.74) is -1.99. The number of hydrogen-bond donors (Lipinski definition) is 1. The Morgan fingerprint density at radius 3 is 2.34 bits per heavy atom. The Kier molecular flexibility index (Phi) is 7.87. The molecule has 1 aromatic rings. The number of rotatable bonds is 8. The second kappa shape index (κ2) is 9.85. The summed E-state index contributed by atoms with van der Waals surface area (Å²) >= 11 is 0. The van der Waals surface area contributed by atoms with Gasteiger partial charge in [0, 0.05) is 12.3 Å². The Morgan fingerprint density at radius 2 is 1.78 bits per heavy atom. The van der Waals surface area contributed by atoms with Gasteiger partial charge in [-0.1, -0.05) is 12.1 Å². The minimum absolute atomic E-state index is 0.0444. The highest BCUT2D eigenvalue weighted by Crippen LogP contribution is 2.47. The number of esters is 2. The molecule has 0 unspecified atom stereocenters. The predicted octanol–water partition coefficient (Wildman–Crippen LogP) is 3.09. The summed E-state index contributed by atoms with van der Waals surface area (Å²) in [5, 5.41) is 10.9. The largest absolute Gasteiger partial charge is 0.466 e. The molecule has 0 spiro atoms. The van der Waals surface area contributed by atoms with E-state index >= 15 is 0 Å².